The number of benzene rings is 3. The lowest BCUT2D eigenvalue weighted by Crippen LogP contribution is -2.27. The fourth-order valence-corrected chi connectivity index (χ4v) is 4.42. The minimum atomic E-state index is -4.00. The summed E-state index contributed by atoms with van der Waals surface area (Å²) in [6, 6.07) is 21.4. The zero-order chi connectivity index (χ0) is 20.4. The summed E-state index contributed by atoms with van der Waals surface area (Å²) >= 11 is 0. The molecule has 3 aromatic carbocycles. The van der Waals surface area contributed by atoms with Gasteiger partial charge in [-0.15, -0.1) is 0 Å². The molecule has 29 heavy (non-hydrogen) atoms. The molecule has 0 spiro atoms. The molecule has 7 heteroatoms. The van der Waals surface area contributed by atoms with Crippen LogP contribution in [0.4, 0.5) is 10.1 Å². The molecule has 1 heterocycles. The third-order valence-electron chi connectivity index (χ3n) is 4.49. The van der Waals surface area contributed by atoms with E-state index in [1.165, 1.54) is 19.3 Å². The summed E-state index contributed by atoms with van der Waals surface area (Å²) in [5.74, 6) is 0.395. The van der Waals surface area contributed by atoms with Crippen molar-refractivity contribution >= 4 is 26.6 Å². The first-order chi connectivity index (χ1) is 14.0. The van der Waals surface area contributed by atoms with Gasteiger partial charge in [0.15, 0.2) is 5.75 Å². The summed E-state index contributed by atoms with van der Waals surface area (Å²) in [6.07, 6.45) is 1.43. The summed E-state index contributed by atoms with van der Waals surface area (Å²) < 4.78 is 47.9. The maximum absolute atomic E-state index is 14.1. The SMILES string of the molecule is CN(c1ccccc1Oc1ccccc1)S(=O)(=O)c1ccc(F)c2ncccc12. The van der Waals surface area contributed by atoms with Crippen molar-refractivity contribution in [2.45, 2.75) is 4.90 Å². The van der Waals surface area contributed by atoms with Crippen LogP contribution < -0.4 is 9.04 Å². The Morgan fingerprint density at radius 1 is 0.897 bits per heavy atom. The minimum Gasteiger partial charge on any atom is -0.455 e. The van der Waals surface area contributed by atoms with Crippen LogP contribution in [0, 0.1) is 5.82 Å². The molecule has 0 aliphatic carbocycles. The Morgan fingerprint density at radius 3 is 2.41 bits per heavy atom. The number of para-hydroxylation sites is 3. The van der Waals surface area contributed by atoms with Gasteiger partial charge in [0, 0.05) is 18.6 Å². The second-order valence-corrected chi connectivity index (χ2v) is 8.24. The highest BCUT2D eigenvalue weighted by Crippen LogP contribution is 2.35. The third-order valence-corrected chi connectivity index (χ3v) is 6.32. The zero-order valence-electron chi connectivity index (χ0n) is 15.5. The number of pyridine rings is 1. The molecule has 0 fully saturated rings. The van der Waals surface area contributed by atoms with Crippen molar-refractivity contribution in [2.24, 2.45) is 0 Å². The van der Waals surface area contributed by atoms with Crippen LogP contribution in [-0.2, 0) is 10.0 Å². The number of halogens is 1. The Bertz CT molecular complexity index is 1280. The summed E-state index contributed by atoms with van der Waals surface area (Å²) in [7, 11) is -2.56. The first kappa shape index (κ1) is 18.9. The van der Waals surface area contributed by atoms with E-state index < -0.39 is 15.8 Å². The van der Waals surface area contributed by atoms with Gasteiger partial charge < -0.3 is 4.74 Å². The highest BCUT2D eigenvalue weighted by molar-refractivity contribution is 7.93. The molecule has 146 valence electrons. The van der Waals surface area contributed by atoms with E-state index in [4.69, 9.17) is 4.74 Å². The minimum absolute atomic E-state index is 0.01000. The first-order valence-electron chi connectivity index (χ1n) is 8.82. The summed E-state index contributed by atoms with van der Waals surface area (Å²) in [6.45, 7) is 0. The lowest BCUT2D eigenvalue weighted by atomic mass is 10.2. The van der Waals surface area contributed by atoms with Crippen LogP contribution in [0.15, 0.2) is 90.0 Å². The topological polar surface area (TPSA) is 59.5 Å². The average Bonchev–Trinajstić information content (AvgIpc) is 2.74. The van der Waals surface area contributed by atoms with Gasteiger partial charge in [0.05, 0.1) is 10.6 Å². The summed E-state index contributed by atoms with van der Waals surface area (Å²) in [5, 5.41) is 0.223. The largest absolute Gasteiger partial charge is 0.455 e. The van der Waals surface area contributed by atoms with Crippen LogP contribution in [0.1, 0.15) is 0 Å². The standard InChI is InChI=1S/C22H17FN2O3S/c1-25(19-11-5-6-12-20(19)28-16-8-3-2-4-9-16)29(26,27)21-14-13-18(23)22-17(21)10-7-15-24-22/h2-15H,1H3. The Labute approximate surface area is 168 Å². The van der Waals surface area contributed by atoms with Crippen molar-refractivity contribution in [3.8, 4) is 11.5 Å². The molecule has 0 amide bonds. The number of fused-ring (bicyclic) bond motifs is 1. The lowest BCUT2D eigenvalue weighted by molar-refractivity contribution is 0.483. The molecule has 0 N–H and O–H groups in total. The predicted octanol–water partition coefficient (Wildman–Crippen LogP) is 4.99. The maximum Gasteiger partial charge on any atom is 0.264 e. The molecule has 1 aromatic heterocycles. The van der Waals surface area contributed by atoms with Gasteiger partial charge in [-0.25, -0.2) is 12.8 Å². The molecule has 5 nitrogen and oxygen atoms in total. The van der Waals surface area contributed by atoms with E-state index in [1.807, 2.05) is 18.2 Å². The van der Waals surface area contributed by atoms with Crippen molar-refractivity contribution in [1.82, 2.24) is 4.98 Å². The Morgan fingerprint density at radius 2 is 1.62 bits per heavy atom. The fourth-order valence-electron chi connectivity index (χ4n) is 3.03. The number of hydrogen-bond acceptors (Lipinski definition) is 4. The Balaban J connectivity index is 1.80. The Kier molecular flexibility index (Phi) is 4.90. The van der Waals surface area contributed by atoms with Gasteiger partial charge in [0.1, 0.15) is 17.1 Å². The molecule has 0 saturated carbocycles. The molecule has 0 bridgehead atoms. The van der Waals surface area contributed by atoms with Crippen molar-refractivity contribution < 1.29 is 17.5 Å². The van der Waals surface area contributed by atoms with E-state index in [2.05, 4.69) is 4.98 Å². The van der Waals surface area contributed by atoms with E-state index >= 15 is 0 Å². The number of sulfonamides is 1. The number of ether oxygens (including phenoxy) is 1. The van der Waals surface area contributed by atoms with Gasteiger partial charge in [0.2, 0.25) is 0 Å². The fraction of sp³-hybridized carbons (Fsp3) is 0.0455. The first-order valence-corrected chi connectivity index (χ1v) is 10.3. The lowest BCUT2D eigenvalue weighted by Gasteiger charge is -2.23. The molecule has 0 atom stereocenters. The molecule has 4 aromatic rings. The molecule has 4 rings (SSSR count). The number of anilines is 1. The van der Waals surface area contributed by atoms with Crippen molar-refractivity contribution in [2.75, 3.05) is 11.4 Å². The second-order valence-electron chi connectivity index (χ2n) is 6.30. The molecule has 0 aliphatic rings. The summed E-state index contributed by atoms with van der Waals surface area (Å²) in [4.78, 5) is 3.95. The molecule has 0 radical (unpaired) electrons. The average molecular weight is 408 g/mol. The zero-order valence-corrected chi connectivity index (χ0v) is 16.3. The van der Waals surface area contributed by atoms with E-state index in [0.717, 1.165) is 10.4 Å². The van der Waals surface area contributed by atoms with E-state index in [1.54, 1.807) is 48.5 Å². The van der Waals surface area contributed by atoms with Crippen LogP contribution in [0.25, 0.3) is 10.9 Å². The van der Waals surface area contributed by atoms with Crippen LogP contribution in [0.3, 0.4) is 0 Å². The molecule has 0 saturated heterocycles. The number of hydrogen-bond donors (Lipinski definition) is 0. The number of nitrogens with zero attached hydrogens (tertiary/aromatic N) is 2. The molecule has 0 aliphatic heterocycles. The predicted molar refractivity (Wildman–Crippen MR) is 110 cm³/mol. The van der Waals surface area contributed by atoms with Crippen LogP contribution >= 0.6 is 0 Å². The molecule has 0 unspecified atom stereocenters. The van der Waals surface area contributed by atoms with Crippen LogP contribution in [-0.4, -0.2) is 20.4 Å². The van der Waals surface area contributed by atoms with Gasteiger partial charge in [-0.05, 0) is 48.5 Å². The van der Waals surface area contributed by atoms with Crippen molar-refractivity contribution in [1.29, 1.82) is 0 Å². The maximum atomic E-state index is 14.1. The van der Waals surface area contributed by atoms with Crippen LogP contribution in [0.5, 0.6) is 11.5 Å². The highest BCUT2D eigenvalue weighted by atomic mass is 32.2. The van der Waals surface area contributed by atoms with Gasteiger partial charge >= 0.3 is 0 Å². The second kappa shape index (κ2) is 7.52. The van der Waals surface area contributed by atoms with Gasteiger partial charge in [-0.2, -0.15) is 0 Å². The van der Waals surface area contributed by atoms with Gasteiger partial charge in [-0.3, -0.25) is 9.29 Å². The monoisotopic (exact) mass is 408 g/mol. The summed E-state index contributed by atoms with van der Waals surface area (Å²) in [5.41, 5.74) is 0.369. The number of aromatic nitrogens is 1. The van der Waals surface area contributed by atoms with Crippen LogP contribution in [0.2, 0.25) is 0 Å². The normalized spacial score (nSPS) is 11.4. The van der Waals surface area contributed by atoms with Crippen molar-refractivity contribution in [3.05, 3.63) is 90.9 Å². The smallest absolute Gasteiger partial charge is 0.264 e. The van der Waals surface area contributed by atoms with E-state index in [9.17, 15) is 12.8 Å². The van der Waals surface area contributed by atoms with Crippen molar-refractivity contribution in [3.63, 3.8) is 0 Å². The molecular formula is C22H17FN2O3S. The number of rotatable bonds is 5. The molecular weight excluding hydrogens is 391 g/mol. The van der Waals surface area contributed by atoms with Gasteiger partial charge in [0.25, 0.3) is 10.0 Å². The highest BCUT2D eigenvalue weighted by Gasteiger charge is 2.26. The van der Waals surface area contributed by atoms with E-state index in [-0.39, 0.29) is 15.8 Å². The van der Waals surface area contributed by atoms with Gasteiger partial charge in [-0.1, -0.05) is 30.3 Å². The van der Waals surface area contributed by atoms with E-state index in [0.29, 0.717) is 17.2 Å². The third kappa shape index (κ3) is 3.52. The Hall–Kier alpha value is -3.45. The quantitative estimate of drug-likeness (QED) is 0.467.